The van der Waals surface area contributed by atoms with Crippen LogP contribution in [0.2, 0.25) is 0 Å². The molecule has 0 heteroatoms. The smallest absolute Gasteiger partial charge is 0.0149 e. The summed E-state index contributed by atoms with van der Waals surface area (Å²) in [5, 5.41) is 0. The minimum atomic E-state index is 0.611. The summed E-state index contributed by atoms with van der Waals surface area (Å²) in [5.41, 5.74) is 7.62. The van der Waals surface area contributed by atoms with Crippen LogP contribution in [0.1, 0.15) is 55.7 Å². The van der Waals surface area contributed by atoms with Gasteiger partial charge in [-0.2, -0.15) is 0 Å². The molecule has 0 fully saturated rings. The first-order chi connectivity index (χ1) is 8.75. The van der Waals surface area contributed by atoms with E-state index in [0.29, 0.717) is 5.92 Å². The Kier molecular flexibility index (Phi) is 3.11. The minimum Gasteiger partial charge on any atom is -0.0587 e. The fourth-order valence-electron chi connectivity index (χ4n) is 3.15. The zero-order valence-electron chi connectivity index (χ0n) is 11.5. The van der Waals surface area contributed by atoms with Crippen LogP contribution in [0.15, 0.2) is 30.3 Å². The average molecular weight is 238 g/mol. The summed E-state index contributed by atoms with van der Waals surface area (Å²) in [5.74, 6) is 0.611. The molecule has 0 unspecified atom stereocenters. The van der Waals surface area contributed by atoms with Crippen molar-refractivity contribution in [3.8, 4) is 11.1 Å². The molecule has 0 aromatic carbocycles. The molecule has 0 saturated heterocycles. The van der Waals surface area contributed by atoms with E-state index in [2.05, 4.69) is 44.2 Å². The van der Waals surface area contributed by atoms with E-state index < -0.39 is 0 Å². The molecule has 3 rings (SSSR count). The van der Waals surface area contributed by atoms with E-state index in [1.807, 2.05) is 0 Å². The van der Waals surface area contributed by atoms with Crippen molar-refractivity contribution in [3.63, 3.8) is 0 Å². The maximum Gasteiger partial charge on any atom is -0.0149 e. The summed E-state index contributed by atoms with van der Waals surface area (Å²) < 4.78 is 0. The predicted octanol–water partition coefficient (Wildman–Crippen LogP) is 5.18. The van der Waals surface area contributed by atoms with E-state index in [0.717, 1.165) is 0 Å². The fourth-order valence-corrected chi connectivity index (χ4v) is 3.15. The van der Waals surface area contributed by atoms with Crippen LogP contribution < -0.4 is 0 Å². The third kappa shape index (κ3) is 2.05. The third-order valence-corrected chi connectivity index (χ3v) is 4.29. The second-order valence-electron chi connectivity index (χ2n) is 5.90. The van der Waals surface area contributed by atoms with E-state index in [1.165, 1.54) is 48.8 Å². The normalized spacial score (nSPS) is 15.7. The quantitative estimate of drug-likeness (QED) is 0.600. The molecule has 94 valence electrons. The lowest BCUT2D eigenvalue weighted by Gasteiger charge is -2.01. The molecule has 0 spiro atoms. The number of fused-ring (bicyclic) bond motifs is 3. The van der Waals surface area contributed by atoms with Gasteiger partial charge in [-0.1, -0.05) is 50.6 Å². The average Bonchev–Trinajstić information content (AvgIpc) is 2.55. The molecule has 0 aromatic heterocycles. The molecular formula is C18H22. The Morgan fingerprint density at radius 3 is 2.50 bits per heavy atom. The topological polar surface area (TPSA) is 0 Å². The predicted molar refractivity (Wildman–Crippen MR) is 78.4 cm³/mol. The molecule has 0 heterocycles. The molecule has 0 atom stereocenters. The molecular weight excluding hydrogens is 216 g/mol. The molecule has 0 amide bonds. The maximum absolute atomic E-state index is 2.43. The highest BCUT2D eigenvalue weighted by Crippen LogP contribution is 2.35. The Balaban J connectivity index is 2.12. The molecule has 0 saturated carbocycles. The van der Waals surface area contributed by atoms with Crippen molar-refractivity contribution in [3.05, 3.63) is 47.0 Å². The summed E-state index contributed by atoms with van der Waals surface area (Å²) in [6.07, 6.45) is 6.69. The molecule has 18 heavy (non-hydrogen) atoms. The van der Waals surface area contributed by atoms with E-state index in [1.54, 1.807) is 11.1 Å². The van der Waals surface area contributed by atoms with E-state index in [9.17, 15) is 0 Å². The lowest BCUT2D eigenvalue weighted by Crippen LogP contribution is -1.85. The van der Waals surface area contributed by atoms with Crippen LogP contribution in [0.25, 0.3) is 11.1 Å². The van der Waals surface area contributed by atoms with Gasteiger partial charge in [0, 0.05) is 0 Å². The highest BCUT2D eigenvalue weighted by atomic mass is 14.2. The maximum atomic E-state index is 2.43. The van der Waals surface area contributed by atoms with Gasteiger partial charge in [-0.3, -0.25) is 0 Å². The number of hydrogen-bond donors (Lipinski definition) is 0. The monoisotopic (exact) mass is 238 g/mol. The van der Waals surface area contributed by atoms with Crippen molar-refractivity contribution in [1.29, 1.82) is 0 Å². The van der Waals surface area contributed by atoms with Crippen LogP contribution in [0.3, 0.4) is 0 Å². The summed E-state index contributed by atoms with van der Waals surface area (Å²) in [6, 6.07) is 11.7. The third-order valence-electron chi connectivity index (χ3n) is 4.29. The summed E-state index contributed by atoms with van der Waals surface area (Å²) >= 11 is 0. The number of hydrogen-bond acceptors (Lipinski definition) is 0. The van der Waals surface area contributed by atoms with Gasteiger partial charge in [0.15, 0.2) is 0 Å². The molecule has 0 aromatic rings. The lowest BCUT2D eigenvalue weighted by molar-refractivity contribution is 0.711. The molecule has 0 bridgehead atoms. The Morgan fingerprint density at radius 1 is 0.889 bits per heavy atom. The highest BCUT2D eigenvalue weighted by molar-refractivity contribution is 5.73. The molecule has 0 N–H and O–H groups in total. The van der Waals surface area contributed by atoms with Crippen LogP contribution >= 0.6 is 0 Å². The lowest BCUT2D eigenvalue weighted by atomic mass is 10.0. The zero-order chi connectivity index (χ0) is 12.5. The van der Waals surface area contributed by atoms with Crippen LogP contribution in [-0.4, -0.2) is 0 Å². The van der Waals surface area contributed by atoms with Gasteiger partial charge in [-0.05, 0) is 59.4 Å². The van der Waals surface area contributed by atoms with Crippen LogP contribution in [0.5, 0.6) is 0 Å². The largest absolute Gasteiger partial charge is 0.0587 e. The SMILES string of the molecule is CC(C)c1ccc2cc3c(c-2cc1)CCCCC3. The van der Waals surface area contributed by atoms with Crippen molar-refractivity contribution in [2.75, 3.05) is 0 Å². The molecule has 3 aliphatic carbocycles. The van der Waals surface area contributed by atoms with Crippen LogP contribution in [0, 0.1) is 0 Å². The second kappa shape index (κ2) is 4.76. The first-order valence-electron chi connectivity index (χ1n) is 7.30. The van der Waals surface area contributed by atoms with Gasteiger partial charge >= 0.3 is 0 Å². The van der Waals surface area contributed by atoms with Gasteiger partial charge in [0.25, 0.3) is 0 Å². The van der Waals surface area contributed by atoms with Crippen molar-refractivity contribution in [1.82, 2.24) is 0 Å². The number of aryl methyl sites for hydroxylation is 1. The van der Waals surface area contributed by atoms with Crippen molar-refractivity contribution in [2.24, 2.45) is 0 Å². The van der Waals surface area contributed by atoms with Gasteiger partial charge in [-0.15, -0.1) is 0 Å². The van der Waals surface area contributed by atoms with Gasteiger partial charge in [-0.25, -0.2) is 0 Å². The second-order valence-corrected chi connectivity index (χ2v) is 5.90. The fraction of sp³-hybridized carbons (Fsp3) is 0.444. The van der Waals surface area contributed by atoms with Crippen LogP contribution in [-0.2, 0) is 12.8 Å². The molecule has 3 aliphatic rings. The Morgan fingerprint density at radius 2 is 1.67 bits per heavy atom. The van der Waals surface area contributed by atoms with Gasteiger partial charge in [0.05, 0.1) is 0 Å². The first-order valence-corrected chi connectivity index (χ1v) is 7.30. The zero-order valence-corrected chi connectivity index (χ0v) is 11.5. The van der Waals surface area contributed by atoms with Crippen molar-refractivity contribution >= 4 is 0 Å². The Labute approximate surface area is 110 Å². The van der Waals surface area contributed by atoms with Crippen molar-refractivity contribution in [2.45, 2.75) is 51.9 Å². The molecule has 0 radical (unpaired) electrons. The van der Waals surface area contributed by atoms with E-state index >= 15 is 0 Å². The number of rotatable bonds is 1. The first kappa shape index (κ1) is 11.8. The van der Waals surface area contributed by atoms with Gasteiger partial charge < -0.3 is 0 Å². The molecule has 0 aliphatic heterocycles. The van der Waals surface area contributed by atoms with E-state index in [4.69, 9.17) is 0 Å². The van der Waals surface area contributed by atoms with Gasteiger partial charge in [0.2, 0.25) is 0 Å². The summed E-state index contributed by atoms with van der Waals surface area (Å²) in [7, 11) is 0. The van der Waals surface area contributed by atoms with Crippen molar-refractivity contribution < 1.29 is 0 Å². The van der Waals surface area contributed by atoms with Gasteiger partial charge in [0.1, 0.15) is 0 Å². The highest BCUT2D eigenvalue weighted by Gasteiger charge is 2.16. The Bertz CT molecular complexity index is 522. The minimum absolute atomic E-state index is 0.611. The summed E-state index contributed by atoms with van der Waals surface area (Å²) in [6.45, 7) is 4.53. The van der Waals surface area contributed by atoms with Crippen LogP contribution in [0.4, 0.5) is 0 Å². The standard InChI is InChI=1S/C18H22/c1-13(2)14-8-9-16-12-15-6-4-3-5-7-17(15)18(16)11-10-14/h8-13H,3-7H2,1-2H3. The molecule has 0 nitrogen and oxygen atoms in total. The summed E-state index contributed by atoms with van der Waals surface area (Å²) in [4.78, 5) is 0. The Hall–Kier alpha value is -1.30. The van der Waals surface area contributed by atoms with E-state index in [-0.39, 0.29) is 0 Å².